The van der Waals surface area contributed by atoms with Gasteiger partial charge in [0.05, 0.1) is 17.8 Å². The fourth-order valence-electron chi connectivity index (χ4n) is 4.74. The third-order valence-corrected chi connectivity index (χ3v) is 6.53. The Morgan fingerprint density at radius 1 is 1.09 bits per heavy atom. The van der Waals surface area contributed by atoms with Crippen LogP contribution in [0.15, 0.2) is 84.9 Å². The second kappa shape index (κ2) is 9.76. The quantitative estimate of drug-likeness (QED) is 0.331. The molecule has 0 saturated carbocycles. The molecule has 4 aromatic rings. The molecular formula is C29H27FN2O3. The summed E-state index contributed by atoms with van der Waals surface area (Å²) in [5.74, 6) is -1.30. The van der Waals surface area contributed by atoms with Crippen LogP contribution in [0.4, 0.5) is 15.8 Å². The summed E-state index contributed by atoms with van der Waals surface area (Å²) in [5.41, 5.74) is 2.38. The number of carbonyl (C=O) groups is 1. The van der Waals surface area contributed by atoms with Crippen molar-refractivity contribution in [3.05, 3.63) is 102 Å². The summed E-state index contributed by atoms with van der Waals surface area (Å²) in [5, 5.41) is 15.5. The Balaban J connectivity index is 1.31. The lowest BCUT2D eigenvalue weighted by Gasteiger charge is -2.36. The molecule has 0 amide bonds. The summed E-state index contributed by atoms with van der Waals surface area (Å²) in [4.78, 5) is 13.5. The van der Waals surface area contributed by atoms with Gasteiger partial charge in [0, 0.05) is 11.7 Å². The van der Waals surface area contributed by atoms with Crippen molar-refractivity contribution in [1.82, 2.24) is 5.32 Å². The Labute approximate surface area is 203 Å². The summed E-state index contributed by atoms with van der Waals surface area (Å²) in [6, 6.07) is 26.8. The number of carboxylic acids is 1. The topological polar surface area (TPSA) is 61.8 Å². The van der Waals surface area contributed by atoms with Gasteiger partial charge in [0.25, 0.3) is 0 Å². The van der Waals surface area contributed by atoms with Gasteiger partial charge in [0.2, 0.25) is 0 Å². The molecule has 6 heteroatoms. The van der Waals surface area contributed by atoms with Gasteiger partial charge in [0.15, 0.2) is 0 Å². The first kappa shape index (κ1) is 22.9. The molecule has 1 aliphatic rings. The van der Waals surface area contributed by atoms with Crippen LogP contribution in [0.2, 0.25) is 0 Å². The van der Waals surface area contributed by atoms with E-state index < -0.39 is 11.8 Å². The summed E-state index contributed by atoms with van der Waals surface area (Å²) >= 11 is 0. The Hall–Kier alpha value is -3.90. The number of para-hydroxylation sites is 2. The zero-order chi connectivity index (χ0) is 24.4. The standard InChI is InChI=1S/C29H27FN2O3/c1-19(23-10-6-8-20-7-2-3-9-24(20)23)31-16-15-22-18-32(27-11-4-5-12-28(27)35-22)21-13-14-26(30)25(17-21)29(33)34/h2-14,17,19,22,31H,15-16,18H2,1H3,(H,33,34)/t19-,22?/m1/s1. The Morgan fingerprint density at radius 3 is 2.71 bits per heavy atom. The minimum atomic E-state index is -1.28. The van der Waals surface area contributed by atoms with Crippen molar-refractivity contribution in [1.29, 1.82) is 0 Å². The summed E-state index contributed by atoms with van der Waals surface area (Å²) < 4.78 is 20.3. The largest absolute Gasteiger partial charge is 0.486 e. The third kappa shape index (κ3) is 4.70. The van der Waals surface area contributed by atoms with Crippen LogP contribution >= 0.6 is 0 Å². The maximum Gasteiger partial charge on any atom is 0.338 e. The van der Waals surface area contributed by atoms with E-state index in [1.807, 2.05) is 29.2 Å². The normalized spacial score (nSPS) is 15.9. The van der Waals surface area contributed by atoms with Gasteiger partial charge in [-0.05, 0) is 66.6 Å². The van der Waals surface area contributed by atoms with Gasteiger partial charge in [-0.15, -0.1) is 0 Å². The van der Waals surface area contributed by atoms with Gasteiger partial charge in [-0.3, -0.25) is 0 Å². The number of halogens is 1. The summed E-state index contributed by atoms with van der Waals surface area (Å²) in [7, 11) is 0. The predicted molar refractivity (Wildman–Crippen MR) is 136 cm³/mol. The molecule has 1 aliphatic heterocycles. The number of hydrogen-bond donors (Lipinski definition) is 2. The van der Waals surface area contributed by atoms with E-state index in [1.165, 1.54) is 28.5 Å². The van der Waals surface area contributed by atoms with Crippen LogP contribution in [0.3, 0.4) is 0 Å². The summed E-state index contributed by atoms with van der Waals surface area (Å²) in [6.07, 6.45) is 0.642. The van der Waals surface area contributed by atoms with Crippen LogP contribution in [0.25, 0.3) is 10.8 Å². The molecule has 5 nitrogen and oxygen atoms in total. The van der Waals surface area contributed by atoms with E-state index in [2.05, 4.69) is 54.7 Å². The van der Waals surface area contributed by atoms with Crippen molar-refractivity contribution >= 4 is 28.1 Å². The fourth-order valence-corrected chi connectivity index (χ4v) is 4.74. The molecule has 0 saturated heterocycles. The molecule has 178 valence electrons. The number of fused-ring (bicyclic) bond motifs is 2. The van der Waals surface area contributed by atoms with E-state index in [9.17, 15) is 14.3 Å². The predicted octanol–water partition coefficient (Wildman–Crippen LogP) is 6.32. The van der Waals surface area contributed by atoms with E-state index in [1.54, 1.807) is 6.07 Å². The van der Waals surface area contributed by atoms with Crippen molar-refractivity contribution in [2.45, 2.75) is 25.5 Å². The van der Waals surface area contributed by atoms with Crippen LogP contribution < -0.4 is 15.0 Å². The molecule has 2 N–H and O–H groups in total. The highest BCUT2D eigenvalue weighted by molar-refractivity contribution is 5.90. The number of nitrogens with zero attached hydrogens (tertiary/aromatic N) is 1. The zero-order valence-corrected chi connectivity index (χ0v) is 19.4. The lowest BCUT2D eigenvalue weighted by molar-refractivity contribution is 0.0692. The molecule has 2 atom stereocenters. The molecule has 0 aliphatic carbocycles. The number of hydrogen-bond acceptors (Lipinski definition) is 4. The number of rotatable bonds is 7. The fraction of sp³-hybridized carbons (Fsp3) is 0.207. The maximum absolute atomic E-state index is 14.0. The first-order chi connectivity index (χ1) is 17.0. The van der Waals surface area contributed by atoms with Crippen molar-refractivity contribution in [2.24, 2.45) is 0 Å². The molecule has 0 aromatic heterocycles. The van der Waals surface area contributed by atoms with E-state index >= 15 is 0 Å². The van der Waals surface area contributed by atoms with Crippen LogP contribution in [0, 0.1) is 5.82 Å². The smallest absolute Gasteiger partial charge is 0.338 e. The van der Waals surface area contributed by atoms with Crippen molar-refractivity contribution in [2.75, 3.05) is 18.0 Å². The molecule has 1 unspecified atom stereocenters. The van der Waals surface area contributed by atoms with Gasteiger partial charge in [-0.25, -0.2) is 9.18 Å². The van der Waals surface area contributed by atoms with Crippen LogP contribution in [-0.2, 0) is 0 Å². The van der Waals surface area contributed by atoms with Gasteiger partial charge in [-0.1, -0.05) is 54.6 Å². The van der Waals surface area contributed by atoms with Crippen molar-refractivity contribution in [3.8, 4) is 5.75 Å². The second-order valence-electron chi connectivity index (χ2n) is 8.82. The molecule has 0 fully saturated rings. The van der Waals surface area contributed by atoms with E-state index in [0.717, 1.165) is 24.4 Å². The minimum Gasteiger partial charge on any atom is -0.486 e. The van der Waals surface area contributed by atoms with Gasteiger partial charge in [-0.2, -0.15) is 0 Å². The highest BCUT2D eigenvalue weighted by Gasteiger charge is 2.27. The number of aromatic carboxylic acids is 1. The lowest BCUT2D eigenvalue weighted by Crippen LogP contribution is -2.39. The number of carboxylic acid groups (broad SMARTS) is 1. The average molecular weight is 471 g/mol. The number of nitrogens with one attached hydrogen (secondary N) is 1. The highest BCUT2D eigenvalue weighted by Crippen LogP contribution is 2.39. The Bertz CT molecular complexity index is 1370. The SMILES string of the molecule is C[C@@H](NCCC1CN(c2ccc(F)c(C(=O)O)c2)c2ccccc2O1)c1cccc2ccccc12. The highest BCUT2D eigenvalue weighted by atomic mass is 19.1. The minimum absolute atomic E-state index is 0.115. The molecule has 35 heavy (non-hydrogen) atoms. The van der Waals surface area contributed by atoms with E-state index in [0.29, 0.717) is 12.2 Å². The van der Waals surface area contributed by atoms with Crippen LogP contribution in [0.1, 0.15) is 35.3 Å². The molecule has 4 aromatic carbocycles. The Morgan fingerprint density at radius 2 is 1.86 bits per heavy atom. The van der Waals surface area contributed by atoms with Crippen LogP contribution in [0.5, 0.6) is 5.75 Å². The lowest BCUT2D eigenvalue weighted by atomic mass is 9.99. The van der Waals surface area contributed by atoms with E-state index in [4.69, 9.17) is 4.74 Å². The first-order valence-electron chi connectivity index (χ1n) is 11.8. The zero-order valence-electron chi connectivity index (χ0n) is 19.4. The van der Waals surface area contributed by atoms with Crippen LogP contribution in [-0.4, -0.2) is 30.3 Å². The van der Waals surface area contributed by atoms with Gasteiger partial charge >= 0.3 is 5.97 Å². The third-order valence-electron chi connectivity index (χ3n) is 6.53. The maximum atomic E-state index is 14.0. The number of benzene rings is 4. The van der Waals surface area contributed by atoms with Gasteiger partial charge in [0.1, 0.15) is 17.7 Å². The van der Waals surface area contributed by atoms with Crippen molar-refractivity contribution < 1.29 is 19.0 Å². The molecular weight excluding hydrogens is 443 g/mol. The molecule has 1 heterocycles. The molecule has 5 rings (SSSR count). The second-order valence-corrected chi connectivity index (χ2v) is 8.82. The first-order valence-corrected chi connectivity index (χ1v) is 11.8. The molecule has 0 spiro atoms. The van der Waals surface area contributed by atoms with E-state index in [-0.39, 0.29) is 17.7 Å². The number of ether oxygens (including phenoxy) is 1. The number of anilines is 2. The summed E-state index contributed by atoms with van der Waals surface area (Å²) in [6.45, 7) is 3.44. The average Bonchev–Trinajstić information content (AvgIpc) is 2.88. The monoisotopic (exact) mass is 470 g/mol. The van der Waals surface area contributed by atoms with Crippen molar-refractivity contribution in [3.63, 3.8) is 0 Å². The Kier molecular flexibility index (Phi) is 6.38. The molecule has 0 radical (unpaired) electrons. The van der Waals surface area contributed by atoms with Gasteiger partial charge < -0.3 is 20.1 Å². The molecule has 0 bridgehead atoms.